The van der Waals surface area contributed by atoms with Gasteiger partial charge in [-0.2, -0.15) is 0 Å². The minimum atomic E-state index is -0.417. The number of hydrogen-bond acceptors (Lipinski definition) is 5. The summed E-state index contributed by atoms with van der Waals surface area (Å²) in [6.45, 7) is 0. The second-order valence-electron chi connectivity index (χ2n) is 4.22. The smallest absolute Gasteiger partial charge is 0.260 e. The summed E-state index contributed by atoms with van der Waals surface area (Å²) < 4.78 is 12.9. The van der Waals surface area contributed by atoms with Crippen LogP contribution in [0.2, 0.25) is 5.15 Å². The Morgan fingerprint density at radius 2 is 1.95 bits per heavy atom. The molecule has 0 spiro atoms. The standard InChI is InChI=1S/C14H8ClFN4OS/c15-11-10(2-1-7-17-11)12(21)18-14-20-19-13(22-14)8-3-5-9(16)6-4-8/h1-7H,(H,18,20,21). The van der Waals surface area contributed by atoms with Gasteiger partial charge in [0.2, 0.25) is 5.13 Å². The summed E-state index contributed by atoms with van der Waals surface area (Å²) in [5, 5.41) is 11.5. The number of aromatic nitrogens is 3. The minimum absolute atomic E-state index is 0.114. The molecule has 3 aromatic rings. The van der Waals surface area contributed by atoms with Crippen LogP contribution in [0.5, 0.6) is 0 Å². The van der Waals surface area contributed by atoms with E-state index in [1.54, 1.807) is 24.3 Å². The third-order valence-electron chi connectivity index (χ3n) is 2.74. The number of carbonyl (C=O) groups excluding carboxylic acids is 1. The predicted octanol–water partition coefficient (Wildman–Crippen LogP) is 3.64. The van der Waals surface area contributed by atoms with Gasteiger partial charge in [-0.15, -0.1) is 10.2 Å². The van der Waals surface area contributed by atoms with E-state index in [9.17, 15) is 9.18 Å². The quantitative estimate of drug-likeness (QED) is 0.742. The normalized spacial score (nSPS) is 10.5. The van der Waals surface area contributed by atoms with Gasteiger partial charge in [0, 0.05) is 11.8 Å². The van der Waals surface area contributed by atoms with Crippen LogP contribution in [0.4, 0.5) is 9.52 Å². The van der Waals surface area contributed by atoms with Crippen LogP contribution in [0.25, 0.3) is 10.6 Å². The van der Waals surface area contributed by atoms with Gasteiger partial charge in [-0.05, 0) is 36.4 Å². The van der Waals surface area contributed by atoms with E-state index in [0.29, 0.717) is 10.1 Å². The first-order valence-electron chi connectivity index (χ1n) is 6.15. The van der Waals surface area contributed by atoms with E-state index in [-0.39, 0.29) is 16.5 Å². The van der Waals surface area contributed by atoms with Gasteiger partial charge in [-0.3, -0.25) is 10.1 Å². The Morgan fingerprint density at radius 1 is 1.18 bits per heavy atom. The number of benzene rings is 1. The molecule has 0 aliphatic rings. The maximum absolute atomic E-state index is 12.9. The molecule has 2 heterocycles. The Hall–Kier alpha value is -2.38. The van der Waals surface area contributed by atoms with Gasteiger partial charge < -0.3 is 0 Å². The number of nitrogens with zero attached hydrogens (tertiary/aromatic N) is 3. The predicted molar refractivity (Wildman–Crippen MR) is 82.5 cm³/mol. The van der Waals surface area contributed by atoms with Crippen molar-refractivity contribution in [2.24, 2.45) is 0 Å². The van der Waals surface area contributed by atoms with E-state index in [4.69, 9.17) is 11.6 Å². The Bertz CT molecular complexity index is 822. The molecule has 0 saturated heterocycles. The molecule has 2 aromatic heterocycles. The molecule has 0 aliphatic carbocycles. The summed E-state index contributed by atoms with van der Waals surface area (Å²) in [5.41, 5.74) is 0.974. The average molecular weight is 335 g/mol. The molecule has 0 atom stereocenters. The molecular weight excluding hydrogens is 327 g/mol. The molecule has 22 heavy (non-hydrogen) atoms. The summed E-state index contributed by atoms with van der Waals surface area (Å²) >= 11 is 7.04. The maximum atomic E-state index is 12.9. The highest BCUT2D eigenvalue weighted by Gasteiger charge is 2.14. The van der Waals surface area contributed by atoms with E-state index in [1.165, 1.54) is 29.7 Å². The van der Waals surface area contributed by atoms with Crippen molar-refractivity contribution >= 4 is 34.0 Å². The number of nitrogens with one attached hydrogen (secondary N) is 1. The number of carbonyl (C=O) groups is 1. The van der Waals surface area contributed by atoms with Crippen LogP contribution in [0.3, 0.4) is 0 Å². The molecule has 110 valence electrons. The van der Waals surface area contributed by atoms with Crippen molar-refractivity contribution in [2.45, 2.75) is 0 Å². The fraction of sp³-hybridized carbons (Fsp3) is 0. The van der Waals surface area contributed by atoms with Gasteiger partial charge in [-0.25, -0.2) is 9.37 Å². The third-order valence-corrected chi connectivity index (χ3v) is 3.93. The Morgan fingerprint density at radius 3 is 2.68 bits per heavy atom. The van der Waals surface area contributed by atoms with E-state index in [0.717, 1.165) is 5.56 Å². The van der Waals surface area contributed by atoms with Gasteiger partial charge >= 0.3 is 0 Å². The Balaban J connectivity index is 1.78. The molecule has 8 heteroatoms. The van der Waals surface area contributed by atoms with Crippen LogP contribution < -0.4 is 5.32 Å². The highest BCUT2D eigenvalue weighted by molar-refractivity contribution is 7.18. The van der Waals surface area contributed by atoms with Gasteiger partial charge in [-0.1, -0.05) is 22.9 Å². The van der Waals surface area contributed by atoms with Crippen LogP contribution in [0.1, 0.15) is 10.4 Å². The molecule has 0 bridgehead atoms. The lowest BCUT2D eigenvalue weighted by atomic mass is 10.2. The number of hydrogen-bond donors (Lipinski definition) is 1. The summed E-state index contributed by atoms with van der Waals surface area (Å²) in [7, 11) is 0. The zero-order chi connectivity index (χ0) is 15.5. The fourth-order valence-corrected chi connectivity index (χ4v) is 2.65. The van der Waals surface area contributed by atoms with Crippen LogP contribution in [-0.4, -0.2) is 21.1 Å². The van der Waals surface area contributed by atoms with Crippen molar-refractivity contribution in [1.29, 1.82) is 0 Å². The van der Waals surface area contributed by atoms with Crippen molar-refractivity contribution in [2.75, 3.05) is 5.32 Å². The van der Waals surface area contributed by atoms with Crippen LogP contribution >= 0.6 is 22.9 Å². The van der Waals surface area contributed by atoms with E-state index >= 15 is 0 Å². The van der Waals surface area contributed by atoms with E-state index in [2.05, 4.69) is 20.5 Å². The van der Waals surface area contributed by atoms with Crippen molar-refractivity contribution in [3.8, 4) is 10.6 Å². The third kappa shape index (κ3) is 3.10. The first-order chi connectivity index (χ1) is 10.6. The zero-order valence-corrected chi connectivity index (χ0v) is 12.5. The minimum Gasteiger partial charge on any atom is -0.296 e. The summed E-state index contributed by atoms with van der Waals surface area (Å²) in [4.78, 5) is 15.9. The molecule has 1 N–H and O–H groups in total. The van der Waals surface area contributed by atoms with Crippen LogP contribution in [-0.2, 0) is 0 Å². The number of pyridine rings is 1. The topological polar surface area (TPSA) is 67.8 Å². The van der Waals surface area contributed by atoms with E-state index < -0.39 is 5.91 Å². The summed E-state index contributed by atoms with van der Waals surface area (Å²) in [5.74, 6) is -0.743. The largest absolute Gasteiger partial charge is 0.296 e. The van der Waals surface area contributed by atoms with Gasteiger partial charge in [0.05, 0.1) is 5.56 Å². The number of halogens is 2. The number of rotatable bonds is 3. The monoisotopic (exact) mass is 334 g/mol. The SMILES string of the molecule is O=C(Nc1nnc(-c2ccc(F)cc2)s1)c1cccnc1Cl. The van der Waals surface area contributed by atoms with Gasteiger partial charge in [0.25, 0.3) is 5.91 Å². The summed E-state index contributed by atoms with van der Waals surface area (Å²) in [6.07, 6.45) is 1.50. The molecular formula is C14H8ClFN4OS. The van der Waals surface area contributed by atoms with Crippen molar-refractivity contribution in [1.82, 2.24) is 15.2 Å². The van der Waals surface area contributed by atoms with E-state index in [1.807, 2.05) is 0 Å². The molecule has 0 radical (unpaired) electrons. The number of anilines is 1. The molecule has 0 aliphatic heterocycles. The lowest BCUT2D eigenvalue weighted by Crippen LogP contribution is -2.12. The molecule has 5 nitrogen and oxygen atoms in total. The average Bonchev–Trinajstić information content (AvgIpc) is 2.97. The second-order valence-corrected chi connectivity index (χ2v) is 5.55. The highest BCUT2D eigenvalue weighted by atomic mass is 35.5. The molecule has 1 aromatic carbocycles. The lowest BCUT2D eigenvalue weighted by Gasteiger charge is -2.01. The van der Waals surface area contributed by atoms with Crippen LogP contribution in [0.15, 0.2) is 42.6 Å². The van der Waals surface area contributed by atoms with Crippen LogP contribution in [0, 0.1) is 5.82 Å². The highest BCUT2D eigenvalue weighted by Crippen LogP contribution is 2.27. The summed E-state index contributed by atoms with van der Waals surface area (Å²) in [6, 6.07) is 9.05. The first-order valence-corrected chi connectivity index (χ1v) is 7.34. The maximum Gasteiger partial charge on any atom is 0.260 e. The Kier molecular flexibility index (Phi) is 4.08. The second kappa shape index (κ2) is 6.17. The molecule has 0 saturated carbocycles. The van der Waals surface area contributed by atoms with Crippen molar-refractivity contribution in [3.05, 3.63) is 59.1 Å². The first kappa shape index (κ1) is 14.6. The molecule has 1 amide bonds. The zero-order valence-electron chi connectivity index (χ0n) is 11.0. The molecule has 3 rings (SSSR count). The Labute approximate surface area is 133 Å². The molecule has 0 unspecified atom stereocenters. The molecule has 0 fully saturated rings. The van der Waals surface area contributed by atoms with Gasteiger partial charge in [0.15, 0.2) is 0 Å². The van der Waals surface area contributed by atoms with Crippen molar-refractivity contribution in [3.63, 3.8) is 0 Å². The lowest BCUT2D eigenvalue weighted by molar-refractivity contribution is 0.102. The fourth-order valence-electron chi connectivity index (χ4n) is 1.70. The number of amides is 1. The van der Waals surface area contributed by atoms with Crippen molar-refractivity contribution < 1.29 is 9.18 Å². The van der Waals surface area contributed by atoms with Gasteiger partial charge in [0.1, 0.15) is 16.0 Å².